The highest BCUT2D eigenvalue weighted by Gasteiger charge is 2.25. The molecule has 0 amide bonds. The average Bonchev–Trinajstić information content (AvgIpc) is 2.94. The van der Waals surface area contributed by atoms with Gasteiger partial charge in [-0.3, -0.25) is 0 Å². The molecule has 0 saturated heterocycles. The SMILES string of the molecule is COc1ccc(-c2csc(C(N)C(C)(C)C)n2)c(OC)c1. The van der Waals surface area contributed by atoms with Crippen LogP contribution in [0.4, 0.5) is 0 Å². The summed E-state index contributed by atoms with van der Waals surface area (Å²) in [7, 11) is 3.28. The minimum Gasteiger partial charge on any atom is -0.497 e. The van der Waals surface area contributed by atoms with Crippen LogP contribution < -0.4 is 15.2 Å². The van der Waals surface area contributed by atoms with Gasteiger partial charge in [0.2, 0.25) is 0 Å². The second kappa shape index (κ2) is 6.03. The lowest BCUT2D eigenvalue weighted by molar-refractivity contribution is 0.326. The third-order valence-corrected chi connectivity index (χ3v) is 4.33. The van der Waals surface area contributed by atoms with Crippen molar-refractivity contribution in [2.45, 2.75) is 26.8 Å². The van der Waals surface area contributed by atoms with Gasteiger partial charge in [-0.25, -0.2) is 4.98 Å². The summed E-state index contributed by atoms with van der Waals surface area (Å²) in [6.45, 7) is 6.35. The molecule has 1 aromatic heterocycles. The van der Waals surface area contributed by atoms with Gasteiger partial charge in [-0.1, -0.05) is 20.8 Å². The van der Waals surface area contributed by atoms with Gasteiger partial charge in [0, 0.05) is 17.0 Å². The molecule has 2 N–H and O–H groups in total. The van der Waals surface area contributed by atoms with Gasteiger partial charge in [-0.15, -0.1) is 11.3 Å². The minimum atomic E-state index is -0.0829. The summed E-state index contributed by atoms with van der Waals surface area (Å²) in [5, 5.41) is 2.96. The summed E-state index contributed by atoms with van der Waals surface area (Å²) in [5.74, 6) is 1.51. The maximum atomic E-state index is 6.28. The third-order valence-electron chi connectivity index (χ3n) is 3.41. The van der Waals surface area contributed by atoms with Crippen molar-refractivity contribution in [3.05, 3.63) is 28.6 Å². The van der Waals surface area contributed by atoms with Gasteiger partial charge in [0.05, 0.1) is 26.0 Å². The van der Waals surface area contributed by atoms with Gasteiger partial charge < -0.3 is 15.2 Å². The Kier molecular flexibility index (Phi) is 4.54. The van der Waals surface area contributed by atoms with Gasteiger partial charge in [0.15, 0.2) is 0 Å². The van der Waals surface area contributed by atoms with Crippen LogP contribution in [-0.2, 0) is 0 Å². The van der Waals surface area contributed by atoms with Gasteiger partial charge in [-0.2, -0.15) is 0 Å². The molecule has 0 aliphatic heterocycles. The maximum Gasteiger partial charge on any atom is 0.131 e. The number of benzene rings is 1. The molecule has 21 heavy (non-hydrogen) atoms. The topological polar surface area (TPSA) is 57.4 Å². The Labute approximate surface area is 129 Å². The van der Waals surface area contributed by atoms with Crippen molar-refractivity contribution < 1.29 is 9.47 Å². The lowest BCUT2D eigenvalue weighted by Gasteiger charge is -2.24. The summed E-state index contributed by atoms with van der Waals surface area (Å²) in [4.78, 5) is 4.68. The molecule has 114 valence electrons. The Morgan fingerprint density at radius 3 is 2.48 bits per heavy atom. The van der Waals surface area contributed by atoms with Crippen molar-refractivity contribution in [3.63, 3.8) is 0 Å². The van der Waals surface area contributed by atoms with E-state index in [4.69, 9.17) is 15.2 Å². The van der Waals surface area contributed by atoms with Crippen LogP contribution in [0, 0.1) is 5.41 Å². The fraction of sp³-hybridized carbons (Fsp3) is 0.438. The molecule has 0 radical (unpaired) electrons. The minimum absolute atomic E-state index is 0.0148. The molecule has 0 saturated carbocycles. The Morgan fingerprint density at radius 2 is 1.90 bits per heavy atom. The molecule has 1 unspecified atom stereocenters. The molecule has 1 aromatic carbocycles. The second-order valence-electron chi connectivity index (χ2n) is 5.98. The van der Waals surface area contributed by atoms with Crippen LogP contribution in [0.15, 0.2) is 23.6 Å². The van der Waals surface area contributed by atoms with Gasteiger partial charge >= 0.3 is 0 Å². The first-order valence-corrected chi connectivity index (χ1v) is 7.68. The largest absolute Gasteiger partial charge is 0.497 e. The Bertz CT molecular complexity index is 617. The van der Waals surface area contributed by atoms with Crippen LogP contribution in [0.5, 0.6) is 11.5 Å². The summed E-state index contributed by atoms with van der Waals surface area (Å²) >= 11 is 1.59. The Balaban J connectivity index is 2.38. The van der Waals surface area contributed by atoms with Gasteiger partial charge in [0.1, 0.15) is 16.5 Å². The van der Waals surface area contributed by atoms with Crippen LogP contribution in [0.1, 0.15) is 31.8 Å². The standard InChI is InChI=1S/C16H22N2O2S/c1-16(2,3)14(17)15-18-12(9-21-15)11-7-6-10(19-4)8-13(11)20-5/h6-9,14H,17H2,1-5H3. The highest BCUT2D eigenvalue weighted by Crippen LogP contribution is 2.37. The number of nitrogens with two attached hydrogens (primary N) is 1. The number of hydrogen-bond acceptors (Lipinski definition) is 5. The quantitative estimate of drug-likeness (QED) is 0.931. The Hall–Kier alpha value is -1.59. The van der Waals surface area contributed by atoms with E-state index in [1.807, 2.05) is 23.6 Å². The number of thiazole rings is 1. The molecule has 0 aliphatic rings. The third kappa shape index (κ3) is 3.36. The molecule has 2 rings (SSSR count). The molecule has 1 heterocycles. The van der Waals surface area contributed by atoms with Crippen molar-refractivity contribution in [1.29, 1.82) is 0 Å². The highest BCUT2D eigenvalue weighted by atomic mass is 32.1. The van der Waals surface area contributed by atoms with Crippen molar-refractivity contribution in [2.24, 2.45) is 11.1 Å². The molecule has 0 aliphatic carbocycles. The van der Waals surface area contributed by atoms with Crippen LogP contribution in [0.3, 0.4) is 0 Å². The first kappa shape index (κ1) is 15.8. The zero-order chi connectivity index (χ0) is 15.6. The smallest absolute Gasteiger partial charge is 0.131 e. The lowest BCUT2D eigenvalue weighted by atomic mass is 9.88. The summed E-state index contributed by atoms with van der Waals surface area (Å²) in [6.07, 6.45) is 0. The van der Waals surface area contributed by atoms with E-state index in [2.05, 4.69) is 25.8 Å². The van der Waals surface area contributed by atoms with Gasteiger partial charge in [0.25, 0.3) is 0 Å². The maximum absolute atomic E-state index is 6.28. The van der Waals surface area contributed by atoms with Crippen LogP contribution in [0.25, 0.3) is 11.3 Å². The van der Waals surface area contributed by atoms with Crippen LogP contribution in [-0.4, -0.2) is 19.2 Å². The van der Waals surface area contributed by atoms with E-state index in [0.29, 0.717) is 0 Å². The molecule has 4 nitrogen and oxygen atoms in total. The summed E-state index contributed by atoms with van der Waals surface area (Å²) in [6, 6.07) is 5.64. The predicted octanol–water partition coefficient (Wildman–Crippen LogP) is 3.87. The summed E-state index contributed by atoms with van der Waals surface area (Å²) < 4.78 is 10.7. The number of aromatic nitrogens is 1. The molecule has 1 atom stereocenters. The number of methoxy groups -OCH3 is 2. The zero-order valence-electron chi connectivity index (χ0n) is 13.1. The average molecular weight is 306 g/mol. The number of ether oxygens (including phenoxy) is 2. The van der Waals surface area contributed by atoms with E-state index in [9.17, 15) is 0 Å². The van der Waals surface area contributed by atoms with E-state index < -0.39 is 0 Å². The normalized spacial score (nSPS) is 13.0. The number of nitrogens with zero attached hydrogens (tertiary/aromatic N) is 1. The first-order chi connectivity index (χ1) is 9.86. The van der Waals surface area contributed by atoms with Crippen molar-refractivity contribution in [1.82, 2.24) is 4.98 Å². The van der Waals surface area contributed by atoms with E-state index in [1.165, 1.54) is 0 Å². The molecular formula is C16H22N2O2S. The van der Waals surface area contributed by atoms with Gasteiger partial charge in [-0.05, 0) is 17.5 Å². The van der Waals surface area contributed by atoms with Crippen molar-refractivity contribution in [2.75, 3.05) is 14.2 Å². The van der Waals surface area contributed by atoms with E-state index in [0.717, 1.165) is 27.8 Å². The molecular weight excluding hydrogens is 284 g/mol. The molecule has 2 aromatic rings. The van der Waals surface area contributed by atoms with Crippen molar-refractivity contribution >= 4 is 11.3 Å². The summed E-state index contributed by atoms with van der Waals surface area (Å²) in [5.41, 5.74) is 8.09. The fourth-order valence-electron chi connectivity index (χ4n) is 1.93. The fourth-order valence-corrected chi connectivity index (χ4v) is 3.00. The second-order valence-corrected chi connectivity index (χ2v) is 6.87. The van der Waals surface area contributed by atoms with E-state index >= 15 is 0 Å². The molecule has 0 bridgehead atoms. The predicted molar refractivity (Wildman–Crippen MR) is 87.0 cm³/mol. The van der Waals surface area contributed by atoms with Crippen LogP contribution in [0.2, 0.25) is 0 Å². The molecule has 0 spiro atoms. The lowest BCUT2D eigenvalue weighted by Crippen LogP contribution is -2.26. The van der Waals surface area contributed by atoms with E-state index in [-0.39, 0.29) is 11.5 Å². The number of rotatable bonds is 4. The first-order valence-electron chi connectivity index (χ1n) is 6.80. The van der Waals surface area contributed by atoms with Crippen molar-refractivity contribution in [3.8, 4) is 22.8 Å². The van der Waals surface area contributed by atoms with Crippen LogP contribution >= 0.6 is 11.3 Å². The highest BCUT2D eigenvalue weighted by molar-refractivity contribution is 7.10. The molecule has 0 fully saturated rings. The number of hydrogen-bond donors (Lipinski definition) is 1. The Morgan fingerprint density at radius 1 is 1.19 bits per heavy atom. The molecule has 5 heteroatoms. The van der Waals surface area contributed by atoms with E-state index in [1.54, 1.807) is 25.6 Å². The zero-order valence-corrected chi connectivity index (χ0v) is 14.0. The monoisotopic (exact) mass is 306 g/mol.